The number of aliphatic imine (C=N–C) groups is 1. The molecule has 1 aromatic carbocycles. The van der Waals surface area contributed by atoms with E-state index in [0.29, 0.717) is 5.41 Å². The van der Waals surface area contributed by atoms with E-state index < -0.39 is 0 Å². The molecule has 2 aliphatic rings. The molecule has 1 N–H and O–H groups in total. The van der Waals surface area contributed by atoms with Crippen LogP contribution in [0.25, 0.3) is 22.4 Å². The summed E-state index contributed by atoms with van der Waals surface area (Å²) in [6.45, 7) is 9.04. The van der Waals surface area contributed by atoms with Crippen LogP contribution in [0.15, 0.2) is 66.1 Å². The molecule has 2 aromatic heterocycles. The quantitative estimate of drug-likeness (QED) is 0.430. The third kappa shape index (κ3) is 6.16. The van der Waals surface area contributed by atoms with Crippen molar-refractivity contribution in [3.63, 3.8) is 0 Å². The lowest BCUT2D eigenvalue weighted by atomic mass is 9.78. The van der Waals surface area contributed by atoms with E-state index in [4.69, 9.17) is 0 Å². The molecule has 0 saturated carbocycles. The van der Waals surface area contributed by atoms with Crippen LogP contribution in [-0.2, 0) is 0 Å². The van der Waals surface area contributed by atoms with Crippen LogP contribution in [0.5, 0.6) is 0 Å². The van der Waals surface area contributed by atoms with Crippen molar-refractivity contribution >= 4 is 40.3 Å². The molecule has 4 heterocycles. The maximum atomic E-state index is 4.51. The van der Waals surface area contributed by atoms with E-state index in [2.05, 4.69) is 87.6 Å². The van der Waals surface area contributed by atoms with Gasteiger partial charge in [0, 0.05) is 56.8 Å². The number of pyridine rings is 2. The van der Waals surface area contributed by atoms with Gasteiger partial charge in [0.1, 0.15) is 11.6 Å². The zero-order valence-electron chi connectivity index (χ0n) is 21.5. The Morgan fingerprint density at radius 2 is 1.89 bits per heavy atom. The predicted molar refractivity (Wildman–Crippen MR) is 151 cm³/mol. The minimum absolute atomic E-state index is 0.539. The SMILES string of the molecule is C/C=C\c1ccnc(N2CCC(C)(CC)CC2)c1.CNc1cc2cc(C3=CN=CC3)ccc2cn1. The first-order valence-electron chi connectivity index (χ1n) is 12.7. The molecule has 5 rings (SSSR count). The first-order chi connectivity index (χ1) is 17.0. The Hall–Kier alpha value is -3.47. The average molecular weight is 468 g/mol. The normalized spacial score (nSPS) is 16.8. The molecule has 2 aliphatic heterocycles. The number of piperidine rings is 1. The van der Waals surface area contributed by atoms with Crippen molar-refractivity contribution in [2.24, 2.45) is 10.4 Å². The number of anilines is 2. The zero-order valence-corrected chi connectivity index (χ0v) is 21.5. The number of fused-ring (bicyclic) bond motifs is 1. The molecule has 0 bridgehead atoms. The summed E-state index contributed by atoms with van der Waals surface area (Å²) >= 11 is 0. The van der Waals surface area contributed by atoms with Crippen molar-refractivity contribution < 1.29 is 0 Å². The molecule has 1 saturated heterocycles. The molecule has 5 heteroatoms. The van der Waals surface area contributed by atoms with Crippen LogP contribution in [0.1, 0.15) is 57.6 Å². The molecule has 0 amide bonds. The van der Waals surface area contributed by atoms with E-state index in [1.165, 1.54) is 41.3 Å². The van der Waals surface area contributed by atoms with Gasteiger partial charge < -0.3 is 10.2 Å². The first-order valence-corrected chi connectivity index (χ1v) is 12.7. The molecule has 0 radical (unpaired) electrons. The van der Waals surface area contributed by atoms with E-state index >= 15 is 0 Å². The number of hydrogen-bond acceptors (Lipinski definition) is 5. The lowest BCUT2D eigenvalue weighted by molar-refractivity contribution is 0.238. The van der Waals surface area contributed by atoms with Gasteiger partial charge in [0.05, 0.1) is 0 Å². The van der Waals surface area contributed by atoms with Crippen molar-refractivity contribution in [3.05, 3.63) is 72.2 Å². The van der Waals surface area contributed by atoms with E-state index in [0.717, 1.165) is 36.5 Å². The topological polar surface area (TPSA) is 53.4 Å². The fourth-order valence-electron chi connectivity index (χ4n) is 4.55. The Labute approximate surface area is 209 Å². The number of nitrogens with one attached hydrogen (secondary N) is 1. The smallest absolute Gasteiger partial charge is 0.129 e. The van der Waals surface area contributed by atoms with Gasteiger partial charge in [-0.2, -0.15) is 0 Å². The fraction of sp³-hybridized carbons (Fsp3) is 0.367. The summed E-state index contributed by atoms with van der Waals surface area (Å²) in [6, 6.07) is 12.7. The summed E-state index contributed by atoms with van der Waals surface area (Å²) in [5.41, 5.74) is 4.29. The molecule has 182 valence electrons. The number of allylic oxidation sites excluding steroid dienone is 2. The van der Waals surface area contributed by atoms with Crippen LogP contribution in [-0.4, -0.2) is 36.3 Å². The van der Waals surface area contributed by atoms with Crippen molar-refractivity contribution in [1.29, 1.82) is 0 Å². The van der Waals surface area contributed by atoms with Crippen molar-refractivity contribution in [1.82, 2.24) is 9.97 Å². The summed E-state index contributed by atoms with van der Waals surface area (Å²) in [5.74, 6) is 2.02. The molecule has 35 heavy (non-hydrogen) atoms. The molecule has 3 aromatic rings. The number of hydrogen-bond donors (Lipinski definition) is 1. The van der Waals surface area contributed by atoms with Crippen LogP contribution in [0.4, 0.5) is 11.6 Å². The average Bonchev–Trinajstić information content (AvgIpc) is 3.44. The lowest BCUT2D eigenvalue weighted by Crippen LogP contribution is -2.38. The van der Waals surface area contributed by atoms with E-state index in [1.54, 1.807) is 0 Å². The van der Waals surface area contributed by atoms with Gasteiger partial charge in [-0.25, -0.2) is 9.97 Å². The monoisotopic (exact) mass is 467 g/mol. The third-order valence-corrected chi connectivity index (χ3v) is 7.27. The Balaban J connectivity index is 0.000000165. The summed E-state index contributed by atoms with van der Waals surface area (Å²) in [7, 11) is 1.88. The van der Waals surface area contributed by atoms with E-state index in [-0.39, 0.29) is 0 Å². The van der Waals surface area contributed by atoms with E-state index in [1.807, 2.05) is 38.8 Å². The van der Waals surface area contributed by atoms with Gasteiger partial charge in [-0.3, -0.25) is 4.99 Å². The van der Waals surface area contributed by atoms with E-state index in [9.17, 15) is 0 Å². The maximum Gasteiger partial charge on any atom is 0.129 e. The second-order valence-corrected chi connectivity index (χ2v) is 9.67. The largest absolute Gasteiger partial charge is 0.373 e. The number of rotatable bonds is 5. The molecular weight excluding hydrogens is 430 g/mol. The molecule has 1 fully saturated rings. The molecule has 0 atom stereocenters. The second kappa shape index (κ2) is 11.3. The van der Waals surface area contributed by atoms with Gasteiger partial charge in [0.25, 0.3) is 0 Å². The fourth-order valence-corrected chi connectivity index (χ4v) is 4.55. The Morgan fingerprint density at radius 3 is 2.57 bits per heavy atom. The number of aromatic nitrogens is 2. The van der Waals surface area contributed by atoms with Crippen molar-refractivity contribution in [2.75, 3.05) is 30.4 Å². The lowest BCUT2D eigenvalue weighted by Gasteiger charge is -2.39. The van der Waals surface area contributed by atoms with Crippen molar-refractivity contribution in [2.45, 2.75) is 46.5 Å². The molecule has 0 unspecified atom stereocenters. The summed E-state index contributed by atoms with van der Waals surface area (Å²) in [4.78, 5) is 15.4. The van der Waals surface area contributed by atoms with Gasteiger partial charge in [0.2, 0.25) is 0 Å². The maximum absolute atomic E-state index is 4.51. The van der Waals surface area contributed by atoms with Gasteiger partial charge in [-0.1, -0.05) is 44.6 Å². The van der Waals surface area contributed by atoms with Crippen LogP contribution < -0.4 is 10.2 Å². The highest BCUT2D eigenvalue weighted by Gasteiger charge is 2.28. The van der Waals surface area contributed by atoms with Crippen LogP contribution in [0.2, 0.25) is 0 Å². The summed E-state index contributed by atoms with van der Waals surface area (Å²) in [6.07, 6.45) is 16.6. The molecular formula is C30H37N5. The van der Waals surface area contributed by atoms with Gasteiger partial charge in [-0.15, -0.1) is 0 Å². The van der Waals surface area contributed by atoms with Gasteiger partial charge >= 0.3 is 0 Å². The highest BCUT2D eigenvalue weighted by Crippen LogP contribution is 2.35. The Bertz CT molecular complexity index is 1230. The Kier molecular flexibility index (Phi) is 7.96. The first kappa shape index (κ1) is 24.6. The molecule has 0 aliphatic carbocycles. The van der Waals surface area contributed by atoms with Crippen LogP contribution >= 0.6 is 0 Å². The minimum Gasteiger partial charge on any atom is -0.373 e. The molecule has 0 spiro atoms. The van der Waals surface area contributed by atoms with Gasteiger partial charge in [-0.05, 0) is 71.5 Å². The zero-order chi connectivity index (χ0) is 24.7. The summed E-state index contributed by atoms with van der Waals surface area (Å²) < 4.78 is 0. The standard InChI is InChI=1S/C16H24N2.C14H13N3/c1-4-6-14-7-10-17-15(13-14)18-11-8-16(3,5-2)9-12-18;1-15-14-7-13-6-10(12-4-5-16-8-12)2-3-11(13)9-17-14/h4,6-7,10,13H,5,8-9,11-12H2,1-3H3;2-3,5-9H,4H2,1H3,(H,15,17)/b6-4-;. The van der Waals surface area contributed by atoms with Crippen molar-refractivity contribution in [3.8, 4) is 0 Å². The Morgan fingerprint density at radius 1 is 1.06 bits per heavy atom. The highest BCUT2D eigenvalue weighted by atomic mass is 15.2. The predicted octanol–water partition coefficient (Wildman–Crippen LogP) is 7.22. The molecule has 5 nitrogen and oxygen atoms in total. The number of benzene rings is 1. The van der Waals surface area contributed by atoms with Crippen LogP contribution in [0, 0.1) is 5.41 Å². The summed E-state index contributed by atoms with van der Waals surface area (Å²) in [5, 5.41) is 5.42. The minimum atomic E-state index is 0.539. The van der Waals surface area contributed by atoms with Crippen LogP contribution in [0.3, 0.4) is 0 Å². The second-order valence-electron chi connectivity index (χ2n) is 9.67. The number of nitrogens with zero attached hydrogens (tertiary/aromatic N) is 4. The highest BCUT2D eigenvalue weighted by molar-refractivity contribution is 5.91. The van der Waals surface area contributed by atoms with Gasteiger partial charge in [0.15, 0.2) is 0 Å². The third-order valence-electron chi connectivity index (χ3n) is 7.27.